The van der Waals surface area contributed by atoms with Gasteiger partial charge in [-0.3, -0.25) is 0 Å². The third-order valence-corrected chi connectivity index (χ3v) is 8.68. The molecule has 0 spiro atoms. The van der Waals surface area contributed by atoms with Crippen LogP contribution in [0, 0.1) is 0 Å². The lowest BCUT2D eigenvalue weighted by Gasteiger charge is -2.31. The quantitative estimate of drug-likeness (QED) is 0.788. The molecule has 0 saturated carbocycles. The maximum absolute atomic E-state index is 9.05. The van der Waals surface area contributed by atoms with Crippen molar-refractivity contribution >= 4 is 34.4 Å². The summed E-state index contributed by atoms with van der Waals surface area (Å²) in [7, 11) is -4.82. The Morgan fingerprint density at radius 2 is 1.41 bits per heavy atom. The van der Waals surface area contributed by atoms with Gasteiger partial charge < -0.3 is 14.2 Å². The van der Waals surface area contributed by atoms with E-state index in [4.69, 9.17) is 14.2 Å². The molecule has 0 radical (unpaired) electrons. The number of rotatable bonds is 4. The average molecular weight is 268 g/mol. The topological polar surface area (TPSA) is 49.7 Å². The minimum atomic E-state index is -1.87. The summed E-state index contributed by atoms with van der Waals surface area (Å²) in [6.45, 7) is 10.9. The Kier molecular flexibility index (Phi) is 4.37. The fraction of sp³-hybridized carbons (Fsp3) is 0.455. The van der Waals surface area contributed by atoms with E-state index in [0.717, 1.165) is 0 Å². The Morgan fingerprint density at radius 3 is 1.76 bits per heavy atom. The van der Waals surface area contributed by atoms with E-state index in [1.54, 1.807) is 12.1 Å². The highest BCUT2D eigenvalue weighted by molar-refractivity contribution is 6.92. The third-order valence-electron chi connectivity index (χ3n) is 2.47. The molecule has 94 valence electrons. The van der Waals surface area contributed by atoms with Crippen LogP contribution in [0.25, 0.3) is 0 Å². The molecule has 0 fully saturated rings. The molecule has 0 unspecified atom stereocenters. The molecular formula is C11H21BO3Si2. The number of hydrogen-bond donors (Lipinski definition) is 2. The minimum absolute atomic E-state index is 0.520. The lowest BCUT2D eigenvalue weighted by atomic mass is 9.81. The van der Waals surface area contributed by atoms with E-state index in [2.05, 4.69) is 32.7 Å². The maximum atomic E-state index is 9.05. The second-order valence-electron chi connectivity index (χ2n) is 5.72. The lowest BCUT2D eigenvalue weighted by molar-refractivity contribution is 0.426. The Bertz CT molecular complexity index is 371. The molecule has 0 saturated heterocycles. The molecule has 1 aromatic carbocycles. The van der Waals surface area contributed by atoms with Gasteiger partial charge in [0, 0.05) is 0 Å². The van der Waals surface area contributed by atoms with Crippen molar-refractivity contribution in [1.29, 1.82) is 0 Å². The van der Waals surface area contributed by atoms with Crippen LogP contribution < -0.4 is 10.6 Å². The molecule has 0 aliphatic rings. The van der Waals surface area contributed by atoms with Gasteiger partial charge in [0.25, 0.3) is 0 Å². The third kappa shape index (κ3) is 4.40. The first-order valence-electron chi connectivity index (χ1n) is 5.78. The predicted octanol–water partition coefficient (Wildman–Crippen LogP) is 0.630. The molecule has 0 atom stereocenters. The number of benzene rings is 1. The van der Waals surface area contributed by atoms with Crippen LogP contribution in [0.3, 0.4) is 0 Å². The Hall–Kier alpha value is -0.401. The molecule has 3 nitrogen and oxygen atoms in total. The van der Waals surface area contributed by atoms with E-state index in [1.807, 2.05) is 12.1 Å². The van der Waals surface area contributed by atoms with Crippen LogP contribution in [0.1, 0.15) is 0 Å². The van der Waals surface area contributed by atoms with Crippen molar-refractivity contribution in [2.75, 3.05) is 0 Å². The van der Waals surface area contributed by atoms with Gasteiger partial charge in [-0.15, -0.1) is 0 Å². The predicted molar refractivity (Wildman–Crippen MR) is 77.8 cm³/mol. The van der Waals surface area contributed by atoms with Crippen LogP contribution in [-0.4, -0.2) is 33.8 Å². The van der Waals surface area contributed by atoms with Crippen molar-refractivity contribution in [2.45, 2.75) is 32.7 Å². The van der Waals surface area contributed by atoms with Crippen molar-refractivity contribution in [3.63, 3.8) is 0 Å². The van der Waals surface area contributed by atoms with Crippen LogP contribution in [0.15, 0.2) is 24.3 Å². The first-order chi connectivity index (χ1) is 7.62. The van der Waals surface area contributed by atoms with E-state index in [-0.39, 0.29) is 0 Å². The SMILES string of the molecule is C[Si](C)(C)O[Si](C)(C)c1ccc(B(O)O)cc1. The highest BCUT2D eigenvalue weighted by Gasteiger charge is 2.31. The van der Waals surface area contributed by atoms with Gasteiger partial charge in [0.15, 0.2) is 8.32 Å². The molecule has 0 heterocycles. The molecular weight excluding hydrogens is 247 g/mol. The molecule has 17 heavy (non-hydrogen) atoms. The summed E-state index contributed by atoms with van der Waals surface area (Å²) < 4.78 is 6.26. The fourth-order valence-corrected chi connectivity index (χ4v) is 9.45. The summed E-state index contributed by atoms with van der Waals surface area (Å²) in [4.78, 5) is 0. The molecule has 0 bridgehead atoms. The first-order valence-corrected chi connectivity index (χ1v) is 12.1. The fourth-order valence-electron chi connectivity index (χ4n) is 1.88. The van der Waals surface area contributed by atoms with Crippen molar-refractivity contribution in [3.8, 4) is 0 Å². The van der Waals surface area contributed by atoms with Crippen LogP contribution in [0.5, 0.6) is 0 Å². The lowest BCUT2D eigenvalue weighted by Crippen LogP contribution is -2.51. The Morgan fingerprint density at radius 1 is 0.941 bits per heavy atom. The Labute approximate surface area is 106 Å². The monoisotopic (exact) mass is 268 g/mol. The second kappa shape index (κ2) is 5.07. The largest absolute Gasteiger partial charge is 0.488 e. The zero-order chi connectivity index (χ0) is 13.3. The highest BCUT2D eigenvalue weighted by atomic mass is 28.4. The van der Waals surface area contributed by atoms with E-state index in [1.165, 1.54) is 5.19 Å². The van der Waals surface area contributed by atoms with Gasteiger partial charge in [-0.05, 0) is 43.4 Å². The van der Waals surface area contributed by atoms with Crippen LogP contribution >= 0.6 is 0 Å². The first kappa shape index (κ1) is 14.7. The Balaban J connectivity index is 2.92. The van der Waals surface area contributed by atoms with E-state index < -0.39 is 23.8 Å². The standard InChI is InChI=1S/C11H21BO3Si2/c1-16(2,3)15-17(4,5)11-8-6-10(7-9-11)12(13)14/h6-9,13-14H,1-5H3. The summed E-state index contributed by atoms with van der Waals surface area (Å²) in [6.07, 6.45) is 0. The molecule has 0 aliphatic carbocycles. The van der Waals surface area contributed by atoms with Crippen LogP contribution in [0.4, 0.5) is 0 Å². The van der Waals surface area contributed by atoms with Gasteiger partial charge in [0.1, 0.15) is 0 Å². The van der Waals surface area contributed by atoms with Gasteiger partial charge in [-0.1, -0.05) is 24.3 Å². The van der Waals surface area contributed by atoms with Crippen molar-refractivity contribution in [3.05, 3.63) is 24.3 Å². The zero-order valence-corrected chi connectivity index (χ0v) is 13.2. The summed E-state index contributed by atoms with van der Waals surface area (Å²) in [5.41, 5.74) is 0.520. The summed E-state index contributed by atoms with van der Waals surface area (Å²) in [6, 6.07) is 7.40. The minimum Gasteiger partial charge on any atom is -0.452 e. The van der Waals surface area contributed by atoms with Gasteiger partial charge in [0.05, 0.1) is 0 Å². The van der Waals surface area contributed by atoms with Crippen LogP contribution in [0.2, 0.25) is 32.7 Å². The average Bonchev–Trinajstić information content (AvgIpc) is 2.14. The summed E-state index contributed by atoms with van der Waals surface area (Å²) in [5, 5.41) is 19.3. The number of hydrogen-bond acceptors (Lipinski definition) is 3. The molecule has 0 amide bonds. The highest BCUT2D eigenvalue weighted by Crippen LogP contribution is 2.13. The molecule has 0 aromatic heterocycles. The molecule has 2 N–H and O–H groups in total. The normalized spacial score (nSPS) is 12.6. The van der Waals surface area contributed by atoms with Crippen molar-refractivity contribution in [2.24, 2.45) is 0 Å². The van der Waals surface area contributed by atoms with E-state index in [9.17, 15) is 0 Å². The van der Waals surface area contributed by atoms with Crippen molar-refractivity contribution in [1.82, 2.24) is 0 Å². The molecule has 1 aromatic rings. The summed E-state index contributed by atoms with van der Waals surface area (Å²) in [5.74, 6) is 0. The molecule has 0 aliphatic heterocycles. The second-order valence-corrected chi connectivity index (χ2v) is 14.4. The van der Waals surface area contributed by atoms with Gasteiger partial charge in [-0.2, -0.15) is 0 Å². The smallest absolute Gasteiger partial charge is 0.452 e. The van der Waals surface area contributed by atoms with Gasteiger partial charge in [-0.25, -0.2) is 0 Å². The zero-order valence-electron chi connectivity index (χ0n) is 11.2. The maximum Gasteiger partial charge on any atom is 0.488 e. The van der Waals surface area contributed by atoms with E-state index in [0.29, 0.717) is 5.46 Å². The van der Waals surface area contributed by atoms with Crippen molar-refractivity contribution < 1.29 is 14.2 Å². The van der Waals surface area contributed by atoms with Crippen LogP contribution in [-0.2, 0) is 4.12 Å². The molecule has 6 heteroatoms. The molecule has 1 rings (SSSR count). The van der Waals surface area contributed by atoms with Gasteiger partial charge in [0.2, 0.25) is 8.32 Å². The van der Waals surface area contributed by atoms with E-state index >= 15 is 0 Å². The van der Waals surface area contributed by atoms with Gasteiger partial charge >= 0.3 is 7.12 Å². The summed E-state index contributed by atoms with van der Waals surface area (Å²) >= 11 is 0.